The van der Waals surface area contributed by atoms with Gasteiger partial charge in [-0.25, -0.2) is 4.98 Å². The number of nitrogens with one attached hydrogen (secondary N) is 1. The molecule has 4 aromatic carbocycles. The number of nitrogens with zero attached hydrogens (tertiary/aromatic N) is 2. The maximum atomic E-state index is 11.1. The molecule has 6 nitrogen and oxygen atoms in total. The van der Waals surface area contributed by atoms with Gasteiger partial charge < -0.3 is 10.1 Å². The fourth-order valence-electron chi connectivity index (χ4n) is 3.89. The number of aromatic nitrogens is 1. The Hall–Kier alpha value is -4.71. The number of nitro groups is 1. The highest BCUT2D eigenvalue weighted by Gasteiger charge is 2.11. The quantitative estimate of drug-likeness (QED) is 0.212. The molecule has 0 unspecified atom stereocenters. The minimum atomic E-state index is -0.410. The third-order valence-corrected chi connectivity index (χ3v) is 5.52. The summed E-state index contributed by atoms with van der Waals surface area (Å²) < 4.78 is 6.02. The summed E-state index contributed by atoms with van der Waals surface area (Å²) in [6.45, 7) is 0.501. The van der Waals surface area contributed by atoms with Crippen LogP contribution in [0.1, 0.15) is 5.56 Å². The summed E-state index contributed by atoms with van der Waals surface area (Å²) in [5, 5.41) is 16.3. The number of pyridine rings is 1. The molecule has 0 radical (unpaired) electrons. The number of ether oxygens (including phenoxy) is 1. The lowest BCUT2D eigenvalue weighted by atomic mass is 9.99. The van der Waals surface area contributed by atoms with Gasteiger partial charge in [-0.15, -0.1) is 0 Å². The van der Waals surface area contributed by atoms with E-state index in [1.54, 1.807) is 18.3 Å². The van der Waals surface area contributed by atoms with Gasteiger partial charge in [0.1, 0.15) is 18.2 Å². The zero-order valence-corrected chi connectivity index (χ0v) is 18.2. The van der Waals surface area contributed by atoms with Crippen molar-refractivity contribution in [2.45, 2.75) is 6.61 Å². The number of non-ortho nitro benzene ring substituents is 1. The number of hydrogen-bond acceptors (Lipinski definition) is 5. The Kier molecular flexibility index (Phi) is 5.86. The molecule has 0 aliphatic carbocycles. The van der Waals surface area contributed by atoms with Gasteiger partial charge in [-0.05, 0) is 46.3 Å². The average Bonchev–Trinajstić information content (AvgIpc) is 2.88. The highest BCUT2D eigenvalue weighted by Crippen LogP contribution is 2.34. The molecular formula is C28H21N3O3. The van der Waals surface area contributed by atoms with Crippen LogP contribution in [0.3, 0.4) is 0 Å². The van der Waals surface area contributed by atoms with Crippen molar-refractivity contribution in [2.75, 3.05) is 5.32 Å². The van der Waals surface area contributed by atoms with E-state index >= 15 is 0 Å². The Morgan fingerprint density at radius 3 is 2.50 bits per heavy atom. The van der Waals surface area contributed by atoms with Crippen LogP contribution in [0.25, 0.3) is 21.9 Å². The summed E-state index contributed by atoms with van der Waals surface area (Å²) in [6, 6.07) is 32.5. The number of benzene rings is 4. The van der Waals surface area contributed by atoms with Gasteiger partial charge in [0.15, 0.2) is 0 Å². The van der Waals surface area contributed by atoms with E-state index in [0.29, 0.717) is 18.1 Å². The maximum Gasteiger partial charge on any atom is 0.271 e. The predicted molar refractivity (Wildman–Crippen MR) is 134 cm³/mol. The standard InChI is InChI=1S/C28H21N3O3/c32-31(33)23-11-5-10-22(18-23)30-28-27-14-6-13-25(26(27)15-16-29-28)21-9-4-12-24(17-21)34-19-20-7-2-1-3-8-20/h1-18H,19H2,(H,29,30). The van der Waals surface area contributed by atoms with Crippen molar-refractivity contribution in [2.24, 2.45) is 0 Å². The molecule has 0 bridgehead atoms. The first-order valence-electron chi connectivity index (χ1n) is 10.8. The van der Waals surface area contributed by atoms with E-state index < -0.39 is 4.92 Å². The molecule has 0 spiro atoms. The van der Waals surface area contributed by atoms with E-state index in [2.05, 4.69) is 22.4 Å². The minimum Gasteiger partial charge on any atom is -0.489 e. The second-order valence-corrected chi connectivity index (χ2v) is 7.79. The van der Waals surface area contributed by atoms with Crippen LogP contribution in [0.5, 0.6) is 5.75 Å². The number of fused-ring (bicyclic) bond motifs is 1. The summed E-state index contributed by atoms with van der Waals surface area (Å²) in [5.41, 5.74) is 3.82. The lowest BCUT2D eigenvalue weighted by Crippen LogP contribution is -1.97. The van der Waals surface area contributed by atoms with Crippen LogP contribution in [0, 0.1) is 10.1 Å². The van der Waals surface area contributed by atoms with Gasteiger partial charge in [0, 0.05) is 29.4 Å². The van der Waals surface area contributed by atoms with Crippen LogP contribution in [-0.4, -0.2) is 9.91 Å². The van der Waals surface area contributed by atoms with E-state index in [4.69, 9.17) is 4.74 Å². The Bertz CT molecular complexity index is 1470. The monoisotopic (exact) mass is 447 g/mol. The Morgan fingerprint density at radius 2 is 1.65 bits per heavy atom. The molecular weight excluding hydrogens is 426 g/mol. The molecule has 1 aromatic heterocycles. The van der Waals surface area contributed by atoms with Crippen LogP contribution in [0.4, 0.5) is 17.2 Å². The summed E-state index contributed by atoms with van der Waals surface area (Å²) in [5.74, 6) is 1.43. The second kappa shape index (κ2) is 9.42. The number of nitro benzene ring substituents is 1. The van der Waals surface area contributed by atoms with Crippen molar-refractivity contribution in [3.8, 4) is 16.9 Å². The van der Waals surface area contributed by atoms with E-state index in [0.717, 1.165) is 33.2 Å². The van der Waals surface area contributed by atoms with E-state index in [1.807, 2.05) is 66.7 Å². The molecule has 1 heterocycles. The Labute approximate surface area is 196 Å². The summed E-state index contributed by atoms with van der Waals surface area (Å²) >= 11 is 0. The summed E-state index contributed by atoms with van der Waals surface area (Å²) in [6.07, 6.45) is 1.74. The third kappa shape index (κ3) is 4.56. The van der Waals surface area contributed by atoms with Crippen LogP contribution in [0.2, 0.25) is 0 Å². The number of hydrogen-bond donors (Lipinski definition) is 1. The van der Waals surface area contributed by atoms with Gasteiger partial charge >= 0.3 is 0 Å². The van der Waals surface area contributed by atoms with Crippen molar-refractivity contribution in [3.63, 3.8) is 0 Å². The minimum absolute atomic E-state index is 0.0262. The maximum absolute atomic E-state index is 11.1. The average molecular weight is 447 g/mol. The lowest BCUT2D eigenvalue weighted by Gasteiger charge is -2.13. The molecule has 0 atom stereocenters. The van der Waals surface area contributed by atoms with Gasteiger partial charge in [0.25, 0.3) is 5.69 Å². The molecule has 0 amide bonds. The first-order chi connectivity index (χ1) is 16.7. The van der Waals surface area contributed by atoms with Crippen molar-refractivity contribution < 1.29 is 9.66 Å². The smallest absolute Gasteiger partial charge is 0.271 e. The fourth-order valence-corrected chi connectivity index (χ4v) is 3.89. The molecule has 0 aliphatic rings. The van der Waals surface area contributed by atoms with Crippen molar-refractivity contribution in [1.82, 2.24) is 4.98 Å². The molecule has 6 heteroatoms. The van der Waals surface area contributed by atoms with Gasteiger partial charge in [-0.2, -0.15) is 0 Å². The SMILES string of the molecule is O=[N+]([O-])c1cccc(Nc2nccc3c(-c4cccc(OCc5ccccc5)c4)cccc23)c1. The largest absolute Gasteiger partial charge is 0.489 e. The molecule has 5 aromatic rings. The highest BCUT2D eigenvalue weighted by atomic mass is 16.6. The zero-order valence-electron chi connectivity index (χ0n) is 18.2. The first kappa shape index (κ1) is 21.2. The summed E-state index contributed by atoms with van der Waals surface area (Å²) in [4.78, 5) is 15.2. The van der Waals surface area contributed by atoms with Crippen LogP contribution in [0.15, 0.2) is 109 Å². The van der Waals surface area contributed by atoms with Crippen LogP contribution < -0.4 is 10.1 Å². The van der Waals surface area contributed by atoms with E-state index in [9.17, 15) is 10.1 Å². The van der Waals surface area contributed by atoms with Gasteiger partial charge in [-0.3, -0.25) is 10.1 Å². The number of rotatable bonds is 7. The molecule has 0 saturated heterocycles. The number of anilines is 2. The van der Waals surface area contributed by atoms with E-state index in [-0.39, 0.29) is 5.69 Å². The Morgan fingerprint density at radius 1 is 0.824 bits per heavy atom. The second-order valence-electron chi connectivity index (χ2n) is 7.79. The zero-order chi connectivity index (χ0) is 23.3. The molecule has 5 rings (SSSR count). The fraction of sp³-hybridized carbons (Fsp3) is 0.0357. The van der Waals surface area contributed by atoms with Gasteiger partial charge in [-0.1, -0.05) is 66.7 Å². The first-order valence-corrected chi connectivity index (χ1v) is 10.8. The Balaban J connectivity index is 1.46. The lowest BCUT2D eigenvalue weighted by molar-refractivity contribution is -0.384. The van der Waals surface area contributed by atoms with Gasteiger partial charge in [0.05, 0.1) is 4.92 Å². The summed E-state index contributed by atoms with van der Waals surface area (Å²) in [7, 11) is 0. The topological polar surface area (TPSA) is 77.3 Å². The van der Waals surface area contributed by atoms with Gasteiger partial charge in [0.2, 0.25) is 0 Å². The van der Waals surface area contributed by atoms with Crippen LogP contribution in [-0.2, 0) is 6.61 Å². The molecule has 0 fully saturated rings. The van der Waals surface area contributed by atoms with Crippen molar-refractivity contribution in [1.29, 1.82) is 0 Å². The normalized spacial score (nSPS) is 10.7. The van der Waals surface area contributed by atoms with Crippen molar-refractivity contribution >= 4 is 28.0 Å². The molecule has 34 heavy (non-hydrogen) atoms. The molecule has 166 valence electrons. The van der Waals surface area contributed by atoms with Crippen molar-refractivity contribution in [3.05, 3.63) is 125 Å². The van der Waals surface area contributed by atoms with Crippen LogP contribution >= 0.6 is 0 Å². The third-order valence-electron chi connectivity index (χ3n) is 5.52. The molecule has 0 saturated carbocycles. The highest BCUT2D eigenvalue weighted by molar-refractivity contribution is 6.02. The molecule has 0 aliphatic heterocycles. The molecule has 1 N–H and O–H groups in total. The van der Waals surface area contributed by atoms with E-state index in [1.165, 1.54) is 12.1 Å². The predicted octanol–water partition coefficient (Wildman–Crippen LogP) is 7.13.